The standard InChI is InChI=1S/C16H19ClN4O4/c17-13-7-11(1-2-18-13)16(24)21-5-6-25-10-12(21)8-15(23)20-4-3-19-14(22)9-20/h1-2,7,12H,3-6,8-10H2,(H,19,22). The lowest BCUT2D eigenvalue weighted by Crippen LogP contribution is -2.54. The lowest BCUT2D eigenvalue weighted by molar-refractivity contribution is -0.140. The lowest BCUT2D eigenvalue weighted by Gasteiger charge is -2.37. The second-order valence-corrected chi connectivity index (χ2v) is 6.35. The van der Waals surface area contributed by atoms with Crippen LogP contribution in [0.3, 0.4) is 0 Å². The summed E-state index contributed by atoms with van der Waals surface area (Å²) in [5.41, 5.74) is 0.427. The van der Waals surface area contributed by atoms with Crippen molar-refractivity contribution in [1.29, 1.82) is 0 Å². The van der Waals surface area contributed by atoms with E-state index in [9.17, 15) is 14.4 Å². The molecule has 2 fully saturated rings. The predicted molar refractivity (Wildman–Crippen MR) is 89.1 cm³/mol. The number of morpholine rings is 1. The van der Waals surface area contributed by atoms with Crippen molar-refractivity contribution < 1.29 is 19.1 Å². The second kappa shape index (κ2) is 7.79. The molecule has 1 atom stereocenters. The van der Waals surface area contributed by atoms with Gasteiger partial charge in [0.2, 0.25) is 11.8 Å². The summed E-state index contributed by atoms with van der Waals surface area (Å²) in [6.45, 7) is 2.09. The summed E-state index contributed by atoms with van der Waals surface area (Å²) in [5, 5.41) is 2.93. The summed E-state index contributed by atoms with van der Waals surface area (Å²) in [4.78, 5) is 43.7. The van der Waals surface area contributed by atoms with Crippen LogP contribution in [0.15, 0.2) is 18.3 Å². The fourth-order valence-corrected chi connectivity index (χ4v) is 3.15. The third-order valence-electron chi connectivity index (χ3n) is 4.26. The van der Waals surface area contributed by atoms with Gasteiger partial charge in [-0.3, -0.25) is 14.4 Å². The number of hydrogen-bond acceptors (Lipinski definition) is 5. The number of carbonyl (C=O) groups is 3. The highest BCUT2D eigenvalue weighted by Crippen LogP contribution is 2.17. The highest BCUT2D eigenvalue weighted by Gasteiger charge is 2.32. The minimum absolute atomic E-state index is 0.0559. The average molecular weight is 367 g/mol. The van der Waals surface area contributed by atoms with Gasteiger partial charge in [-0.05, 0) is 12.1 Å². The maximum Gasteiger partial charge on any atom is 0.254 e. The SMILES string of the molecule is O=C1CN(C(=O)CC2COCCN2C(=O)c2ccnc(Cl)c2)CCN1. The summed E-state index contributed by atoms with van der Waals surface area (Å²) in [6, 6.07) is 2.73. The molecule has 0 saturated carbocycles. The molecule has 25 heavy (non-hydrogen) atoms. The number of amides is 3. The topological polar surface area (TPSA) is 91.8 Å². The van der Waals surface area contributed by atoms with E-state index in [-0.39, 0.29) is 48.5 Å². The van der Waals surface area contributed by atoms with Crippen molar-refractivity contribution in [3.8, 4) is 0 Å². The Morgan fingerprint density at radius 3 is 3.00 bits per heavy atom. The largest absolute Gasteiger partial charge is 0.377 e. The first-order valence-corrected chi connectivity index (χ1v) is 8.47. The van der Waals surface area contributed by atoms with Crippen LogP contribution in [-0.4, -0.2) is 77.9 Å². The van der Waals surface area contributed by atoms with Crippen LogP contribution in [0.25, 0.3) is 0 Å². The highest BCUT2D eigenvalue weighted by molar-refractivity contribution is 6.29. The van der Waals surface area contributed by atoms with Gasteiger partial charge in [0.25, 0.3) is 5.91 Å². The molecule has 0 radical (unpaired) electrons. The molecule has 3 heterocycles. The van der Waals surface area contributed by atoms with Crippen molar-refractivity contribution in [3.63, 3.8) is 0 Å². The van der Waals surface area contributed by atoms with Crippen LogP contribution in [0.4, 0.5) is 0 Å². The molecule has 9 heteroatoms. The smallest absolute Gasteiger partial charge is 0.254 e. The molecule has 1 aromatic heterocycles. The summed E-state index contributed by atoms with van der Waals surface area (Å²) in [7, 11) is 0. The molecular weight excluding hydrogens is 348 g/mol. The molecule has 0 bridgehead atoms. The van der Waals surface area contributed by atoms with Crippen molar-refractivity contribution >= 4 is 29.3 Å². The Morgan fingerprint density at radius 1 is 1.40 bits per heavy atom. The minimum Gasteiger partial charge on any atom is -0.377 e. The fourth-order valence-electron chi connectivity index (χ4n) is 2.97. The number of piperazine rings is 1. The highest BCUT2D eigenvalue weighted by atomic mass is 35.5. The summed E-state index contributed by atoms with van der Waals surface area (Å²) >= 11 is 5.86. The van der Waals surface area contributed by atoms with Gasteiger partial charge in [-0.2, -0.15) is 0 Å². The molecule has 1 N–H and O–H groups in total. The van der Waals surface area contributed by atoms with Crippen LogP contribution in [0.1, 0.15) is 16.8 Å². The van der Waals surface area contributed by atoms with Gasteiger partial charge in [-0.1, -0.05) is 11.6 Å². The normalized spacial score (nSPS) is 21.0. The average Bonchev–Trinajstić information content (AvgIpc) is 2.61. The Kier molecular flexibility index (Phi) is 5.50. The van der Waals surface area contributed by atoms with Gasteiger partial charge in [-0.25, -0.2) is 4.98 Å². The minimum atomic E-state index is -0.370. The number of pyridine rings is 1. The monoisotopic (exact) mass is 366 g/mol. The van der Waals surface area contributed by atoms with Crippen molar-refractivity contribution in [1.82, 2.24) is 20.1 Å². The van der Waals surface area contributed by atoms with Crippen LogP contribution in [0.2, 0.25) is 5.15 Å². The van der Waals surface area contributed by atoms with E-state index in [1.165, 1.54) is 17.2 Å². The number of nitrogens with one attached hydrogen (secondary N) is 1. The Hall–Kier alpha value is -2.19. The predicted octanol–water partition coefficient (Wildman–Crippen LogP) is -0.0755. The van der Waals surface area contributed by atoms with Crippen molar-refractivity contribution in [2.45, 2.75) is 12.5 Å². The molecule has 2 aliphatic rings. The summed E-state index contributed by atoms with van der Waals surface area (Å²) in [6.07, 6.45) is 1.60. The zero-order chi connectivity index (χ0) is 17.8. The number of hydrogen-bond donors (Lipinski definition) is 1. The van der Waals surface area contributed by atoms with E-state index < -0.39 is 0 Å². The molecule has 8 nitrogen and oxygen atoms in total. The van der Waals surface area contributed by atoms with E-state index in [2.05, 4.69) is 10.3 Å². The van der Waals surface area contributed by atoms with Gasteiger partial charge < -0.3 is 19.9 Å². The van der Waals surface area contributed by atoms with Crippen LogP contribution < -0.4 is 5.32 Å². The molecule has 2 saturated heterocycles. The molecule has 1 unspecified atom stereocenters. The van der Waals surface area contributed by atoms with E-state index in [1.54, 1.807) is 11.0 Å². The van der Waals surface area contributed by atoms with Crippen molar-refractivity contribution in [3.05, 3.63) is 29.0 Å². The van der Waals surface area contributed by atoms with E-state index in [1.807, 2.05) is 0 Å². The maximum atomic E-state index is 12.8. The first-order chi connectivity index (χ1) is 12.0. The number of aromatic nitrogens is 1. The van der Waals surface area contributed by atoms with E-state index in [0.717, 1.165) is 0 Å². The Bertz CT molecular complexity index is 684. The van der Waals surface area contributed by atoms with Gasteiger partial charge in [0.1, 0.15) is 5.15 Å². The lowest BCUT2D eigenvalue weighted by atomic mass is 10.1. The van der Waals surface area contributed by atoms with E-state index in [4.69, 9.17) is 16.3 Å². The molecule has 2 aliphatic heterocycles. The maximum absolute atomic E-state index is 12.8. The quantitative estimate of drug-likeness (QED) is 0.756. The second-order valence-electron chi connectivity index (χ2n) is 5.96. The van der Waals surface area contributed by atoms with Crippen molar-refractivity contribution in [2.75, 3.05) is 39.4 Å². The molecule has 0 spiro atoms. The molecular formula is C16H19ClN4O4. The summed E-state index contributed by atoms with van der Waals surface area (Å²) in [5.74, 6) is -0.531. The van der Waals surface area contributed by atoms with Gasteiger partial charge in [0.05, 0.1) is 25.8 Å². The number of halogens is 1. The van der Waals surface area contributed by atoms with Crippen LogP contribution in [0.5, 0.6) is 0 Å². The zero-order valence-corrected chi connectivity index (χ0v) is 14.4. The Morgan fingerprint density at radius 2 is 2.24 bits per heavy atom. The van der Waals surface area contributed by atoms with Gasteiger partial charge in [-0.15, -0.1) is 0 Å². The van der Waals surface area contributed by atoms with Gasteiger partial charge in [0.15, 0.2) is 0 Å². The molecule has 1 aromatic rings. The Labute approximate surface area is 150 Å². The molecule has 3 rings (SSSR count). The summed E-state index contributed by atoms with van der Waals surface area (Å²) < 4.78 is 5.45. The number of nitrogens with zero attached hydrogens (tertiary/aromatic N) is 3. The van der Waals surface area contributed by atoms with E-state index >= 15 is 0 Å². The number of rotatable bonds is 3. The van der Waals surface area contributed by atoms with Crippen LogP contribution in [0, 0.1) is 0 Å². The van der Waals surface area contributed by atoms with Crippen LogP contribution >= 0.6 is 11.6 Å². The first-order valence-electron chi connectivity index (χ1n) is 8.09. The third kappa shape index (κ3) is 4.26. The fraction of sp³-hybridized carbons (Fsp3) is 0.500. The van der Waals surface area contributed by atoms with Gasteiger partial charge >= 0.3 is 0 Å². The first kappa shape index (κ1) is 17.6. The van der Waals surface area contributed by atoms with Crippen LogP contribution in [-0.2, 0) is 14.3 Å². The number of carbonyl (C=O) groups excluding carboxylic acids is 3. The van der Waals surface area contributed by atoms with E-state index in [0.29, 0.717) is 31.8 Å². The number of ether oxygens (including phenoxy) is 1. The molecule has 134 valence electrons. The zero-order valence-electron chi connectivity index (χ0n) is 13.6. The van der Waals surface area contributed by atoms with Crippen molar-refractivity contribution in [2.24, 2.45) is 0 Å². The van der Waals surface area contributed by atoms with Gasteiger partial charge in [0, 0.05) is 37.8 Å². The molecule has 3 amide bonds. The molecule has 0 aliphatic carbocycles. The third-order valence-corrected chi connectivity index (χ3v) is 4.47. The molecule has 0 aromatic carbocycles. The Balaban J connectivity index is 1.69.